The van der Waals surface area contributed by atoms with Crippen molar-refractivity contribution in [3.63, 3.8) is 0 Å². The van der Waals surface area contributed by atoms with E-state index in [0.717, 1.165) is 18.2 Å². The molecule has 17 heavy (non-hydrogen) atoms. The van der Waals surface area contributed by atoms with Crippen molar-refractivity contribution in [2.45, 2.75) is 25.8 Å². The topological polar surface area (TPSA) is 20.3 Å². The first-order valence-corrected chi connectivity index (χ1v) is 6.88. The van der Waals surface area contributed by atoms with Gasteiger partial charge in [0, 0.05) is 23.5 Å². The number of halogens is 2. The van der Waals surface area contributed by atoms with E-state index in [1.165, 1.54) is 12.1 Å². The van der Waals surface area contributed by atoms with E-state index in [-0.39, 0.29) is 11.7 Å². The number of aryl methyl sites for hydroxylation is 1. The summed E-state index contributed by atoms with van der Waals surface area (Å²) in [4.78, 5) is 14.2. The summed E-state index contributed by atoms with van der Waals surface area (Å²) in [5, 5.41) is 0.773. The highest BCUT2D eigenvalue weighted by atomic mass is 79.9. The number of amides is 1. The van der Waals surface area contributed by atoms with Crippen molar-refractivity contribution in [2.24, 2.45) is 0 Å². The first-order chi connectivity index (χ1) is 8.13. The van der Waals surface area contributed by atoms with Crippen LogP contribution >= 0.6 is 15.9 Å². The van der Waals surface area contributed by atoms with Crippen LogP contribution in [0.4, 0.5) is 4.39 Å². The zero-order valence-corrected chi connectivity index (χ0v) is 11.3. The molecule has 1 aromatic rings. The average molecular weight is 300 g/mol. The normalized spacial score (nSPS) is 14.8. The quantitative estimate of drug-likeness (QED) is 0.782. The molecule has 0 radical (unpaired) electrons. The van der Waals surface area contributed by atoms with Gasteiger partial charge < -0.3 is 4.90 Å². The lowest BCUT2D eigenvalue weighted by Gasteiger charge is -2.22. The number of carbonyl (C=O) groups is 1. The van der Waals surface area contributed by atoms with Gasteiger partial charge in [0.1, 0.15) is 5.82 Å². The molecule has 1 amide bonds. The standard InChI is InChI=1S/C13H15BrFNO/c1-9-8-10(15)2-5-12(9)13(17)16(7-6-14)11-3-4-11/h2,5,8,11H,3-4,6-7H2,1H3. The molecule has 1 aliphatic rings. The van der Waals surface area contributed by atoms with Crippen LogP contribution in [0, 0.1) is 12.7 Å². The van der Waals surface area contributed by atoms with Gasteiger partial charge in [0.2, 0.25) is 0 Å². The van der Waals surface area contributed by atoms with E-state index in [1.807, 2.05) is 4.90 Å². The van der Waals surface area contributed by atoms with Gasteiger partial charge in [0.15, 0.2) is 0 Å². The SMILES string of the molecule is Cc1cc(F)ccc1C(=O)N(CCBr)C1CC1. The molecule has 4 heteroatoms. The average Bonchev–Trinajstić information content (AvgIpc) is 3.09. The third-order valence-electron chi connectivity index (χ3n) is 2.99. The van der Waals surface area contributed by atoms with Crippen LogP contribution in [0.1, 0.15) is 28.8 Å². The Labute approximate surface area is 109 Å². The van der Waals surface area contributed by atoms with E-state index in [1.54, 1.807) is 13.0 Å². The number of alkyl halides is 1. The van der Waals surface area contributed by atoms with Gasteiger partial charge in [-0.25, -0.2) is 4.39 Å². The van der Waals surface area contributed by atoms with Gasteiger partial charge in [-0.3, -0.25) is 4.79 Å². The molecule has 1 aliphatic carbocycles. The molecule has 0 saturated heterocycles. The Morgan fingerprint density at radius 2 is 2.24 bits per heavy atom. The third kappa shape index (κ3) is 2.86. The van der Waals surface area contributed by atoms with Gasteiger partial charge in [-0.15, -0.1) is 0 Å². The van der Waals surface area contributed by atoms with E-state index < -0.39 is 0 Å². The Kier molecular flexibility index (Phi) is 3.82. The minimum atomic E-state index is -0.294. The lowest BCUT2D eigenvalue weighted by Crippen LogP contribution is -2.35. The highest BCUT2D eigenvalue weighted by Gasteiger charge is 2.32. The minimum Gasteiger partial charge on any atom is -0.335 e. The molecule has 2 nitrogen and oxygen atoms in total. The molecular formula is C13H15BrFNO. The molecule has 0 aromatic heterocycles. The van der Waals surface area contributed by atoms with Crippen LogP contribution < -0.4 is 0 Å². The maximum absolute atomic E-state index is 13.0. The van der Waals surface area contributed by atoms with Crippen molar-refractivity contribution < 1.29 is 9.18 Å². The van der Waals surface area contributed by atoms with E-state index in [0.29, 0.717) is 23.7 Å². The zero-order valence-electron chi connectivity index (χ0n) is 9.75. The second kappa shape index (κ2) is 5.17. The van der Waals surface area contributed by atoms with E-state index in [2.05, 4.69) is 15.9 Å². The van der Waals surface area contributed by atoms with Crippen LogP contribution in [0.3, 0.4) is 0 Å². The predicted molar refractivity (Wildman–Crippen MR) is 69.0 cm³/mol. The van der Waals surface area contributed by atoms with Crippen molar-refractivity contribution in [1.29, 1.82) is 0 Å². The summed E-state index contributed by atoms with van der Waals surface area (Å²) in [5.41, 5.74) is 1.31. The smallest absolute Gasteiger partial charge is 0.254 e. The van der Waals surface area contributed by atoms with E-state index in [4.69, 9.17) is 0 Å². The molecule has 0 atom stereocenters. The maximum atomic E-state index is 13.0. The molecule has 2 rings (SSSR count). The van der Waals surface area contributed by atoms with Crippen LogP contribution in [0.25, 0.3) is 0 Å². The van der Waals surface area contributed by atoms with Crippen molar-refractivity contribution >= 4 is 21.8 Å². The summed E-state index contributed by atoms with van der Waals surface area (Å²) in [6, 6.07) is 4.71. The molecule has 0 heterocycles. The highest BCUT2D eigenvalue weighted by molar-refractivity contribution is 9.09. The van der Waals surface area contributed by atoms with Crippen molar-refractivity contribution in [3.8, 4) is 0 Å². The first-order valence-electron chi connectivity index (χ1n) is 5.76. The fourth-order valence-corrected chi connectivity index (χ4v) is 2.33. The summed E-state index contributed by atoms with van der Waals surface area (Å²) in [7, 11) is 0. The number of rotatable bonds is 4. The van der Waals surface area contributed by atoms with Gasteiger partial charge in [-0.05, 0) is 43.5 Å². The molecule has 0 N–H and O–H groups in total. The van der Waals surface area contributed by atoms with Crippen LogP contribution in [-0.2, 0) is 0 Å². The van der Waals surface area contributed by atoms with Crippen molar-refractivity contribution in [3.05, 3.63) is 35.1 Å². The molecule has 92 valence electrons. The fraction of sp³-hybridized carbons (Fsp3) is 0.462. The summed E-state index contributed by atoms with van der Waals surface area (Å²) in [6.45, 7) is 2.48. The summed E-state index contributed by atoms with van der Waals surface area (Å²) < 4.78 is 13.0. The zero-order chi connectivity index (χ0) is 12.4. The number of hydrogen-bond donors (Lipinski definition) is 0. The number of nitrogens with zero attached hydrogens (tertiary/aromatic N) is 1. The Morgan fingerprint density at radius 1 is 1.53 bits per heavy atom. The maximum Gasteiger partial charge on any atom is 0.254 e. The monoisotopic (exact) mass is 299 g/mol. The van der Waals surface area contributed by atoms with Crippen molar-refractivity contribution in [2.75, 3.05) is 11.9 Å². The second-order valence-corrected chi connectivity index (χ2v) is 5.17. The molecule has 1 saturated carbocycles. The summed E-state index contributed by atoms with van der Waals surface area (Å²) >= 11 is 3.36. The summed E-state index contributed by atoms with van der Waals surface area (Å²) in [6.07, 6.45) is 2.16. The van der Waals surface area contributed by atoms with Gasteiger partial charge in [-0.1, -0.05) is 15.9 Å². The molecule has 1 fully saturated rings. The van der Waals surface area contributed by atoms with Crippen LogP contribution in [0.15, 0.2) is 18.2 Å². The third-order valence-corrected chi connectivity index (χ3v) is 3.35. The minimum absolute atomic E-state index is 0.0180. The van der Waals surface area contributed by atoms with Gasteiger partial charge >= 0.3 is 0 Å². The number of carbonyl (C=O) groups excluding carboxylic acids is 1. The predicted octanol–water partition coefficient (Wildman–Crippen LogP) is 3.13. The lowest BCUT2D eigenvalue weighted by atomic mass is 10.1. The lowest BCUT2D eigenvalue weighted by molar-refractivity contribution is 0.0754. The Hall–Kier alpha value is -0.900. The Bertz CT molecular complexity index is 431. The Balaban J connectivity index is 2.22. The highest BCUT2D eigenvalue weighted by Crippen LogP contribution is 2.28. The van der Waals surface area contributed by atoms with Crippen LogP contribution in [0.5, 0.6) is 0 Å². The molecule has 0 aliphatic heterocycles. The molecule has 0 unspecified atom stereocenters. The first kappa shape index (κ1) is 12.6. The molecule has 1 aromatic carbocycles. The largest absolute Gasteiger partial charge is 0.335 e. The Morgan fingerprint density at radius 3 is 2.76 bits per heavy atom. The number of hydrogen-bond acceptors (Lipinski definition) is 1. The second-order valence-electron chi connectivity index (χ2n) is 4.38. The van der Waals surface area contributed by atoms with Gasteiger partial charge in [-0.2, -0.15) is 0 Å². The number of benzene rings is 1. The van der Waals surface area contributed by atoms with E-state index >= 15 is 0 Å². The van der Waals surface area contributed by atoms with Crippen LogP contribution in [0.2, 0.25) is 0 Å². The fourth-order valence-electron chi connectivity index (χ4n) is 1.95. The van der Waals surface area contributed by atoms with Crippen LogP contribution in [-0.4, -0.2) is 28.7 Å². The van der Waals surface area contributed by atoms with E-state index in [9.17, 15) is 9.18 Å². The van der Waals surface area contributed by atoms with Crippen molar-refractivity contribution in [1.82, 2.24) is 4.90 Å². The molecule has 0 bridgehead atoms. The molecule has 0 spiro atoms. The molecular weight excluding hydrogens is 285 g/mol. The summed E-state index contributed by atoms with van der Waals surface area (Å²) in [5.74, 6) is -0.276. The van der Waals surface area contributed by atoms with Gasteiger partial charge in [0.25, 0.3) is 5.91 Å². The van der Waals surface area contributed by atoms with Gasteiger partial charge in [0.05, 0.1) is 0 Å².